The molecule has 0 spiro atoms. The fourth-order valence-electron chi connectivity index (χ4n) is 6.35. The van der Waals surface area contributed by atoms with E-state index in [1.165, 1.54) is 44.1 Å². The molecule has 1 heterocycles. The Labute approximate surface area is 131 Å². The molecular weight excluding hydrogens is 272 g/mol. The van der Waals surface area contributed by atoms with Gasteiger partial charge < -0.3 is 11.1 Å². The molecule has 5 aliphatic rings. The van der Waals surface area contributed by atoms with Gasteiger partial charge in [0.15, 0.2) is 0 Å². The molecule has 1 aromatic rings. The summed E-state index contributed by atoms with van der Waals surface area (Å²) in [6.45, 7) is 0. The molecule has 3 heteroatoms. The van der Waals surface area contributed by atoms with Crippen molar-refractivity contribution in [2.75, 3.05) is 5.32 Å². The number of nitrogens with two attached hydrogens (primary N) is 1. The Morgan fingerprint density at radius 3 is 2.36 bits per heavy atom. The van der Waals surface area contributed by atoms with Gasteiger partial charge in [0.2, 0.25) is 5.91 Å². The van der Waals surface area contributed by atoms with Crippen molar-refractivity contribution in [3.05, 3.63) is 29.3 Å². The van der Waals surface area contributed by atoms with E-state index in [-0.39, 0.29) is 11.9 Å². The number of nitrogens with one attached hydrogen (secondary N) is 1. The van der Waals surface area contributed by atoms with E-state index >= 15 is 0 Å². The summed E-state index contributed by atoms with van der Waals surface area (Å²) in [6, 6.07) is 6.53. The molecule has 4 fully saturated rings. The van der Waals surface area contributed by atoms with Gasteiger partial charge in [0.25, 0.3) is 0 Å². The minimum Gasteiger partial charge on any atom is -0.326 e. The lowest BCUT2D eigenvalue weighted by atomic mass is 9.47. The summed E-state index contributed by atoms with van der Waals surface area (Å²) in [5, 5.41) is 2.92. The average molecular weight is 296 g/mol. The third-order valence-corrected chi connectivity index (χ3v) is 6.86. The molecule has 1 atom stereocenters. The van der Waals surface area contributed by atoms with Crippen molar-refractivity contribution in [1.82, 2.24) is 0 Å². The number of rotatable bonds is 2. The van der Waals surface area contributed by atoms with E-state index in [1.54, 1.807) is 0 Å². The van der Waals surface area contributed by atoms with Gasteiger partial charge in [-0.25, -0.2) is 0 Å². The molecule has 6 rings (SSSR count). The highest BCUT2D eigenvalue weighted by Crippen LogP contribution is 2.63. The third kappa shape index (κ3) is 1.81. The maximum absolute atomic E-state index is 11.6. The van der Waals surface area contributed by atoms with E-state index in [1.807, 2.05) is 0 Å². The number of benzene rings is 1. The van der Waals surface area contributed by atoms with Crippen LogP contribution in [0.2, 0.25) is 0 Å². The number of carbonyl (C=O) groups excluding carboxylic acids is 1. The first-order valence-corrected chi connectivity index (χ1v) is 8.79. The number of hydrogen-bond donors (Lipinski definition) is 2. The molecule has 0 saturated heterocycles. The monoisotopic (exact) mass is 296 g/mol. The van der Waals surface area contributed by atoms with Crippen LogP contribution in [0.25, 0.3) is 0 Å². The van der Waals surface area contributed by atoms with Gasteiger partial charge in [-0.2, -0.15) is 0 Å². The quantitative estimate of drug-likeness (QED) is 0.879. The van der Waals surface area contributed by atoms with Crippen molar-refractivity contribution in [2.45, 2.75) is 51.0 Å². The van der Waals surface area contributed by atoms with Crippen LogP contribution in [0.1, 0.15) is 55.7 Å². The number of fused-ring (bicyclic) bond motifs is 1. The van der Waals surface area contributed by atoms with Crippen LogP contribution in [-0.4, -0.2) is 5.91 Å². The summed E-state index contributed by atoms with van der Waals surface area (Å²) in [7, 11) is 0. The number of amides is 1. The lowest BCUT2D eigenvalue weighted by Crippen LogP contribution is -2.50. The van der Waals surface area contributed by atoms with Crippen LogP contribution < -0.4 is 11.1 Å². The minimum atomic E-state index is 0.107. The second kappa shape index (κ2) is 4.35. The molecule has 1 aliphatic heterocycles. The molecule has 1 unspecified atom stereocenters. The van der Waals surface area contributed by atoms with Gasteiger partial charge in [0.1, 0.15) is 0 Å². The van der Waals surface area contributed by atoms with Gasteiger partial charge in [-0.1, -0.05) is 12.1 Å². The maximum atomic E-state index is 11.6. The summed E-state index contributed by atoms with van der Waals surface area (Å²) >= 11 is 0. The summed E-state index contributed by atoms with van der Waals surface area (Å²) in [6.07, 6.45) is 8.85. The topological polar surface area (TPSA) is 55.1 Å². The van der Waals surface area contributed by atoms with E-state index in [2.05, 4.69) is 23.5 Å². The van der Waals surface area contributed by atoms with Crippen molar-refractivity contribution in [1.29, 1.82) is 0 Å². The van der Waals surface area contributed by atoms with Gasteiger partial charge >= 0.3 is 0 Å². The van der Waals surface area contributed by atoms with Crippen molar-refractivity contribution in [2.24, 2.45) is 28.9 Å². The summed E-state index contributed by atoms with van der Waals surface area (Å²) in [4.78, 5) is 11.6. The zero-order valence-corrected chi connectivity index (χ0v) is 13.0. The lowest BCUT2D eigenvalue weighted by molar-refractivity contribution is -0.115. The van der Waals surface area contributed by atoms with Gasteiger partial charge in [-0.05, 0) is 78.9 Å². The first-order chi connectivity index (χ1) is 10.6. The fraction of sp³-hybridized carbons (Fsp3) is 0.632. The van der Waals surface area contributed by atoms with Crippen LogP contribution >= 0.6 is 0 Å². The largest absolute Gasteiger partial charge is 0.326 e. The Morgan fingerprint density at radius 2 is 1.73 bits per heavy atom. The molecular formula is C19H24N2O. The van der Waals surface area contributed by atoms with Crippen molar-refractivity contribution in [3.63, 3.8) is 0 Å². The highest BCUT2D eigenvalue weighted by atomic mass is 16.1. The van der Waals surface area contributed by atoms with Crippen LogP contribution in [0.15, 0.2) is 18.2 Å². The molecule has 4 saturated carbocycles. The molecule has 0 aromatic heterocycles. The number of anilines is 1. The standard InChI is InChI=1S/C19H24N2O/c20-18(14-1-2-16-15(6-14)7-17(22)21-16)19-8-11-3-12(9-19)5-13(4-11)10-19/h1-2,6,11-13,18H,3-5,7-10,20H2,(H,21,22). The maximum Gasteiger partial charge on any atom is 0.228 e. The Balaban J connectivity index is 1.48. The smallest absolute Gasteiger partial charge is 0.228 e. The molecule has 1 aromatic carbocycles. The number of carbonyl (C=O) groups is 1. The van der Waals surface area contributed by atoms with E-state index in [0.717, 1.165) is 29.0 Å². The van der Waals surface area contributed by atoms with Gasteiger partial charge in [0.05, 0.1) is 6.42 Å². The molecule has 116 valence electrons. The summed E-state index contributed by atoms with van der Waals surface area (Å²) < 4.78 is 0. The molecule has 4 bridgehead atoms. The van der Waals surface area contributed by atoms with Gasteiger partial charge in [0, 0.05) is 11.7 Å². The zero-order chi connectivity index (χ0) is 14.9. The summed E-state index contributed by atoms with van der Waals surface area (Å²) in [5.74, 6) is 2.88. The van der Waals surface area contributed by atoms with E-state index in [0.29, 0.717) is 11.8 Å². The Kier molecular flexibility index (Phi) is 2.59. The van der Waals surface area contributed by atoms with Crippen molar-refractivity contribution < 1.29 is 4.79 Å². The van der Waals surface area contributed by atoms with Crippen LogP contribution in [0.4, 0.5) is 5.69 Å². The average Bonchev–Trinajstić information content (AvgIpc) is 2.84. The van der Waals surface area contributed by atoms with Crippen LogP contribution in [0.3, 0.4) is 0 Å². The number of hydrogen-bond acceptors (Lipinski definition) is 2. The molecule has 22 heavy (non-hydrogen) atoms. The predicted molar refractivity (Wildman–Crippen MR) is 86.3 cm³/mol. The first-order valence-electron chi connectivity index (χ1n) is 8.79. The predicted octanol–water partition coefficient (Wildman–Crippen LogP) is 3.40. The SMILES string of the molecule is NC(c1ccc2c(c1)CC(=O)N2)C12CC3CC(CC(C3)C1)C2. The van der Waals surface area contributed by atoms with E-state index in [9.17, 15) is 4.79 Å². The molecule has 1 amide bonds. The highest BCUT2D eigenvalue weighted by molar-refractivity contribution is 5.99. The van der Waals surface area contributed by atoms with Gasteiger partial charge in [-0.15, -0.1) is 0 Å². The van der Waals surface area contributed by atoms with Crippen molar-refractivity contribution >= 4 is 11.6 Å². The minimum absolute atomic E-state index is 0.107. The second-order valence-corrected chi connectivity index (χ2v) is 8.40. The van der Waals surface area contributed by atoms with Gasteiger partial charge in [-0.3, -0.25) is 4.79 Å². The van der Waals surface area contributed by atoms with E-state index < -0.39 is 0 Å². The fourth-order valence-corrected chi connectivity index (χ4v) is 6.35. The normalized spacial score (nSPS) is 39.7. The Morgan fingerprint density at radius 1 is 1.09 bits per heavy atom. The third-order valence-electron chi connectivity index (χ3n) is 6.86. The zero-order valence-electron chi connectivity index (χ0n) is 13.0. The van der Waals surface area contributed by atoms with Crippen molar-refractivity contribution in [3.8, 4) is 0 Å². The molecule has 3 nitrogen and oxygen atoms in total. The molecule has 4 aliphatic carbocycles. The first kappa shape index (κ1) is 13.1. The second-order valence-electron chi connectivity index (χ2n) is 8.40. The highest BCUT2D eigenvalue weighted by Gasteiger charge is 2.53. The van der Waals surface area contributed by atoms with E-state index in [4.69, 9.17) is 5.73 Å². The van der Waals surface area contributed by atoms with Crippen LogP contribution in [-0.2, 0) is 11.2 Å². The Bertz CT molecular complexity index is 616. The van der Waals surface area contributed by atoms with Crippen LogP contribution in [0.5, 0.6) is 0 Å². The Hall–Kier alpha value is -1.35. The lowest BCUT2D eigenvalue weighted by Gasteiger charge is -2.59. The molecule has 0 radical (unpaired) electrons. The molecule has 3 N–H and O–H groups in total. The summed E-state index contributed by atoms with van der Waals surface area (Å²) in [5.41, 5.74) is 10.5. The van der Waals surface area contributed by atoms with Crippen LogP contribution in [0, 0.1) is 23.2 Å².